The van der Waals surface area contributed by atoms with Crippen molar-refractivity contribution in [3.63, 3.8) is 0 Å². The molecule has 0 unspecified atom stereocenters. The minimum atomic E-state index is -3.63. The second kappa shape index (κ2) is 5.82. The van der Waals surface area contributed by atoms with E-state index in [1.54, 1.807) is 49.5 Å². The molecule has 1 aliphatic heterocycles. The molecule has 2 aromatic heterocycles. The highest BCUT2D eigenvalue weighted by atomic mass is 32.2. The number of sulfonamides is 1. The first kappa shape index (κ1) is 15.5. The van der Waals surface area contributed by atoms with Gasteiger partial charge in [-0.05, 0) is 30.7 Å². The van der Waals surface area contributed by atoms with Crippen LogP contribution in [-0.2, 0) is 16.6 Å². The fourth-order valence-corrected chi connectivity index (χ4v) is 4.26. The zero-order chi connectivity index (χ0) is 17.4. The number of nitrogens with zero attached hydrogens (tertiary/aromatic N) is 4. The van der Waals surface area contributed by atoms with Gasteiger partial charge in [0.2, 0.25) is 0 Å². The second-order valence-corrected chi connectivity index (χ2v) is 7.39. The third kappa shape index (κ3) is 2.80. The molecule has 7 nitrogen and oxygen atoms in total. The Balaban J connectivity index is 1.72. The molecule has 0 N–H and O–H groups in total. The Bertz CT molecular complexity index is 1040. The van der Waals surface area contributed by atoms with Crippen molar-refractivity contribution < 1.29 is 13.2 Å². The highest BCUT2D eigenvalue weighted by Gasteiger charge is 2.35. The van der Waals surface area contributed by atoms with E-state index in [0.717, 1.165) is 5.56 Å². The van der Waals surface area contributed by atoms with E-state index in [-0.39, 0.29) is 18.4 Å². The van der Waals surface area contributed by atoms with Crippen molar-refractivity contribution in [2.75, 3.05) is 4.31 Å². The zero-order valence-electron chi connectivity index (χ0n) is 13.3. The largest absolute Gasteiger partial charge is 0.423 e. The number of fused-ring (bicyclic) bond motifs is 1. The smallest absolute Gasteiger partial charge is 0.324 e. The first-order valence-electron chi connectivity index (χ1n) is 7.58. The van der Waals surface area contributed by atoms with Gasteiger partial charge in [-0.25, -0.2) is 17.7 Å². The molecule has 0 fully saturated rings. The van der Waals surface area contributed by atoms with Crippen molar-refractivity contribution in [2.24, 2.45) is 0 Å². The van der Waals surface area contributed by atoms with Gasteiger partial charge < -0.3 is 4.74 Å². The third-order valence-electron chi connectivity index (χ3n) is 3.77. The molecule has 8 heteroatoms. The molecule has 0 aliphatic carbocycles. The van der Waals surface area contributed by atoms with Crippen LogP contribution in [0, 0.1) is 6.92 Å². The van der Waals surface area contributed by atoms with E-state index in [2.05, 4.69) is 15.0 Å². The number of aryl methyl sites for hydroxylation is 1. The number of aromatic nitrogens is 3. The monoisotopic (exact) mass is 354 g/mol. The van der Waals surface area contributed by atoms with Gasteiger partial charge in [0.15, 0.2) is 0 Å². The van der Waals surface area contributed by atoms with Crippen molar-refractivity contribution in [1.82, 2.24) is 15.0 Å². The van der Waals surface area contributed by atoms with Gasteiger partial charge in [-0.15, -0.1) is 0 Å². The van der Waals surface area contributed by atoms with Gasteiger partial charge in [0.25, 0.3) is 10.0 Å². The summed E-state index contributed by atoms with van der Waals surface area (Å²) in [5.74, 6) is 0.759. The van der Waals surface area contributed by atoms with Crippen LogP contribution in [0.5, 0.6) is 11.8 Å². The molecule has 0 radical (unpaired) electrons. The van der Waals surface area contributed by atoms with E-state index in [9.17, 15) is 8.42 Å². The topological polar surface area (TPSA) is 85.3 Å². The number of ether oxygens (including phenoxy) is 1. The van der Waals surface area contributed by atoms with Crippen LogP contribution in [0.25, 0.3) is 0 Å². The summed E-state index contributed by atoms with van der Waals surface area (Å²) in [4.78, 5) is 12.8. The van der Waals surface area contributed by atoms with Gasteiger partial charge in [0.1, 0.15) is 11.6 Å². The van der Waals surface area contributed by atoms with Crippen molar-refractivity contribution in [2.45, 2.75) is 18.4 Å². The second-order valence-electron chi connectivity index (χ2n) is 5.56. The highest BCUT2D eigenvalue weighted by Crippen LogP contribution is 2.34. The van der Waals surface area contributed by atoms with E-state index < -0.39 is 10.0 Å². The molecule has 3 aromatic rings. The third-order valence-corrected chi connectivity index (χ3v) is 5.62. The molecule has 0 bridgehead atoms. The lowest BCUT2D eigenvalue weighted by molar-refractivity contribution is 0.439. The number of benzene rings is 1. The van der Waals surface area contributed by atoms with E-state index in [1.165, 1.54) is 10.5 Å². The van der Waals surface area contributed by atoms with Gasteiger partial charge in [-0.3, -0.25) is 4.98 Å². The number of hydrogen-bond donors (Lipinski definition) is 0. The molecule has 1 aliphatic rings. The van der Waals surface area contributed by atoms with E-state index >= 15 is 0 Å². The Hall–Kier alpha value is -3.00. The first-order chi connectivity index (χ1) is 12.0. The average molecular weight is 354 g/mol. The summed E-state index contributed by atoms with van der Waals surface area (Å²) < 4.78 is 32.4. The minimum Gasteiger partial charge on any atom is -0.423 e. The molecule has 126 valence electrons. The number of hydrogen-bond acceptors (Lipinski definition) is 6. The van der Waals surface area contributed by atoms with E-state index in [1.807, 2.05) is 6.07 Å². The summed E-state index contributed by atoms with van der Waals surface area (Å²) in [7, 11) is -3.63. The Morgan fingerprint density at radius 2 is 1.96 bits per heavy atom. The van der Waals surface area contributed by atoms with Gasteiger partial charge in [0.05, 0.1) is 17.6 Å². The first-order valence-corrected chi connectivity index (χ1v) is 9.02. The van der Waals surface area contributed by atoms with Crippen LogP contribution >= 0.6 is 0 Å². The van der Waals surface area contributed by atoms with Gasteiger partial charge in [0, 0.05) is 18.0 Å². The van der Waals surface area contributed by atoms with E-state index in [4.69, 9.17) is 4.74 Å². The molecule has 4 rings (SSSR count). The molecular formula is C17H14N4O3S. The normalized spacial score (nSPS) is 15.0. The Kier molecular flexibility index (Phi) is 3.61. The maximum Gasteiger partial charge on any atom is 0.324 e. The Labute approximate surface area is 145 Å². The molecule has 0 saturated carbocycles. The van der Waals surface area contributed by atoms with Crippen molar-refractivity contribution >= 4 is 15.8 Å². The Morgan fingerprint density at radius 3 is 2.72 bits per heavy atom. The summed E-state index contributed by atoms with van der Waals surface area (Å²) in [6.45, 7) is 2.00. The van der Waals surface area contributed by atoms with Gasteiger partial charge >= 0.3 is 6.01 Å². The lowest BCUT2D eigenvalue weighted by atomic mass is 10.2. The highest BCUT2D eigenvalue weighted by molar-refractivity contribution is 7.93. The predicted molar refractivity (Wildman–Crippen MR) is 90.9 cm³/mol. The number of anilines is 1. The molecule has 0 saturated heterocycles. The van der Waals surface area contributed by atoms with Crippen molar-refractivity contribution in [1.29, 1.82) is 0 Å². The molecule has 0 spiro atoms. The molecule has 0 atom stereocenters. The van der Waals surface area contributed by atoms with Crippen LogP contribution < -0.4 is 9.04 Å². The standard InChI is InChI=1S/C17H14N4O3S/c1-12-9-16(20-17(19-12)24-14-6-4-8-18-10-14)21-11-13-5-2-3-7-15(13)25(21,22)23/h2-10H,11H2,1H3. The lowest BCUT2D eigenvalue weighted by Crippen LogP contribution is -2.25. The minimum absolute atomic E-state index is 0.0779. The van der Waals surface area contributed by atoms with Gasteiger partial charge in [-0.1, -0.05) is 18.2 Å². The maximum atomic E-state index is 12.8. The molecule has 1 aromatic carbocycles. The van der Waals surface area contributed by atoms with Crippen LogP contribution in [0.15, 0.2) is 59.8 Å². The van der Waals surface area contributed by atoms with Crippen LogP contribution in [0.4, 0.5) is 5.82 Å². The van der Waals surface area contributed by atoms with Gasteiger partial charge in [-0.2, -0.15) is 4.98 Å². The van der Waals surface area contributed by atoms with Crippen LogP contribution in [0.1, 0.15) is 11.3 Å². The van der Waals surface area contributed by atoms with Crippen molar-refractivity contribution in [3.8, 4) is 11.8 Å². The molecule has 3 heterocycles. The summed E-state index contributed by atoms with van der Waals surface area (Å²) in [5.41, 5.74) is 1.35. The molecule has 0 amide bonds. The van der Waals surface area contributed by atoms with Crippen LogP contribution in [0.3, 0.4) is 0 Å². The lowest BCUT2D eigenvalue weighted by Gasteiger charge is -2.17. The summed E-state index contributed by atoms with van der Waals surface area (Å²) in [6, 6.07) is 12.1. The maximum absolute atomic E-state index is 12.8. The fraction of sp³-hybridized carbons (Fsp3) is 0.118. The predicted octanol–water partition coefficient (Wildman–Crippen LogP) is 2.68. The molecule has 25 heavy (non-hydrogen) atoms. The number of pyridine rings is 1. The fourth-order valence-electron chi connectivity index (χ4n) is 2.66. The van der Waals surface area contributed by atoms with Crippen LogP contribution in [-0.4, -0.2) is 23.4 Å². The summed E-state index contributed by atoms with van der Waals surface area (Å²) >= 11 is 0. The molecular weight excluding hydrogens is 340 g/mol. The van der Waals surface area contributed by atoms with Crippen molar-refractivity contribution in [3.05, 3.63) is 66.1 Å². The summed E-state index contributed by atoms with van der Waals surface area (Å²) in [6.07, 6.45) is 3.16. The average Bonchev–Trinajstić information content (AvgIpc) is 2.87. The Morgan fingerprint density at radius 1 is 1.12 bits per heavy atom. The zero-order valence-corrected chi connectivity index (χ0v) is 14.1. The summed E-state index contributed by atoms with van der Waals surface area (Å²) in [5, 5.41) is 0. The van der Waals surface area contributed by atoms with E-state index in [0.29, 0.717) is 16.3 Å². The van der Waals surface area contributed by atoms with Crippen LogP contribution in [0.2, 0.25) is 0 Å². The SMILES string of the molecule is Cc1cc(N2Cc3ccccc3S2(=O)=O)nc(Oc2cccnc2)n1. The number of rotatable bonds is 3. The quantitative estimate of drug-likeness (QED) is 0.719.